The van der Waals surface area contributed by atoms with Crippen LogP contribution in [0.15, 0.2) is 23.0 Å². The van der Waals surface area contributed by atoms with Gasteiger partial charge in [-0.3, -0.25) is 4.79 Å². The van der Waals surface area contributed by atoms with Crippen LogP contribution in [0.3, 0.4) is 0 Å². The van der Waals surface area contributed by atoms with Gasteiger partial charge in [0.2, 0.25) is 0 Å². The Hall–Kier alpha value is -1.00. The largest absolute Gasteiger partial charge is 0.472 e. The zero-order chi connectivity index (χ0) is 12.6. The van der Waals surface area contributed by atoms with Gasteiger partial charge in [0.1, 0.15) is 6.26 Å². The van der Waals surface area contributed by atoms with Crippen molar-refractivity contribution in [3.05, 3.63) is 24.2 Å². The second-order valence-corrected chi connectivity index (χ2v) is 4.91. The average Bonchev–Trinajstić information content (AvgIpc) is 2.80. The molecule has 1 aliphatic rings. The van der Waals surface area contributed by atoms with Gasteiger partial charge in [0.25, 0.3) is 5.91 Å². The SMILES string of the molecule is Cl.O=C(NCCNC1CCCCCC1)c1ccoc1. The predicted octanol–water partition coefficient (Wildman–Crippen LogP) is 2.74. The minimum absolute atomic E-state index is 0. The third-order valence-corrected chi connectivity index (χ3v) is 3.48. The fourth-order valence-electron chi connectivity index (χ4n) is 2.43. The molecule has 0 atom stereocenters. The van der Waals surface area contributed by atoms with E-state index in [0.29, 0.717) is 18.2 Å². The Labute approximate surface area is 120 Å². The molecule has 2 N–H and O–H groups in total. The van der Waals surface area contributed by atoms with Crippen molar-refractivity contribution in [3.63, 3.8) is 0 Å². The lowest BCUT2D eigenvalue weighted by molar-refractivity contribution is 0.0953. The van der Waals surface area contributed by atoms with Crippen LogP contribution in [0.5, 0.6) is 0 Å². The molecule has 108 valence electrons. The molecule has 4 nitrogen and oxygen atoms in total. The van der Waals surface area contributed by atoms with Crippen molar-refractivity contribution >= 4 is 18.3 Å². The van der Waals surface area contributed by atoms with Gasteiger partial charge >= 0.3 is 0 Å². The average molecular weight is 287 g/mol. The second kappa shape index (κ2) is 8.99. The second-order valence-electron chi connectivity index (χ2n) is 4.91. The molecule has 0 unspecified atom stereocenters. The highest BCUT2D eigenvalue weighted by atomic mass is 35.5. The Balaban J connectivity index is 0.00000180. The van der Waals surface area contributed by atoms with Crippen molar-refractivity contribution in [1.29, 1.82) is 0 Å². The number of hydrogen-bond acceptors (Lipinski definition) is 3. The Bertz CT molecular complexity index is 346. The Morgan fingerprint density at radius 3 is 2.58 bits per heavy atom. The van der Waals surface area contributed by atoms with Crippen molar-refractivity contribution in [3.8, 4) is 0 Å². The number of carbonyl (C=O) groups is 1. The van der Waals surface area contributed by atoms with Crippen LogP contribution in [-0.2, 0) is 0 Å². The first-order chi connectivity index (χ1) is 8.86. The molecule has 0 aliphatic heterocycles. The number of furan rings is 1. The van der Waals surface area contributed by atoms with Crippen LogP contribution in [0.1, 0.15) is 48.9 Å². The zero-order valence-corrected chi connectivity index (χ0v) is 12.0. The lowest BCUT2D eigenvalue weighted by Gasteiger charge is -2.16. The lowest BCUT2D eigenvalue weighted by atomic mass is 10.1. The van der Waals surface area contributed by atoms with E-state index in [0.717, 1.165) is 6.54 Å². The number of carbonyl (C=O) groups excluding carboxylic acids is 1. The van der Waals surface area contributed by atoms with Gasteiger partial charge in [0.15, 0.2) is 0 Å². The van der Waals surface area contributed by atoms with E-state index in [2.05, 4.69) is 10.6 Å². The van der Waals surface area contributed by atoms with E-state index in [-0.39, 0.29) is 18.3 Å². The minimum atomic E-state index is -0.0635. The van der Waals surface area contributed by atoms with Crippen LogP contribution in [-0.4, -0.2) is 25.0 Å². The van der Waals surface area contributed by atoms with Crippen molar-refractivity contribution in [2.24, 2.45) is 0 Å². The van der Waals surface area contributed by atoms with Crippen LogP contribution in [0, 0.1) is 0 Å². The number of amides is 1. The fraction of sp³-hybridized carbons (Fsp3) is 0.643. The predicted molar refractivity (Wildman–Crippen MR) is 77.8 cm³/mol. The van der Waals surface area contributed by atoms with E-state index >= 15 is 0 Å². The molecule has 0 aromatic carbocycles. The summed E-state index contributed by atoms with van der Waals surface area (Å²) in [6, 6.07) is 2.31. The molecule has 1 aromatic rings. The highest BCUT2D eigenvalue weighted by Crippen LogP contribution is 2.16. The van der Waals surface area contributed by atoms with E-state index in [4.69, 9.17) is 4.42 Å². The summed E-state index contributed by atoms with van der Waals surface area (Å²) < 4.78 is 4.87. The molecular formula is C14H23ClN2O2. The van der Waals surface area contributed by atoms with Crippen LogP contribution in [0.4, 0.5) is 0 Å². The molecule has 2 rings (SSSR count). The maximum Gasteiger partial charge on any atom is 0.254 e. The lowest BCUT2D eigenvalue weighted by Crippen LogP contribution is -2.36. The highest BCUT2D eigenvalue weighted by Gasteiger charge is 2.11. The number of nitrogens with one attached hydrogen (secondary N) is 2. The van der Waals surface area contributed by atoms with Crippen LogP contribution >= 0.6 is 12.4 Å². The van der Waals surface area contributed by atoms with Crippen molar-refractivity contribution in [1.82, 2.24) is 10.6 Å². The number of halogens is 1. The Morgan fingerprint density at radius 1 is 1.21 bits per heavy atom. The summed E-state index contributed by atoms with van der Waals surface area (Å²) in [6.07, 6.45) is 10.9. The summed E-state index contributed by atoms with van der Waals surface area (Å²) in [4.78, 5) is 11.6. The third kappa shape index (κ3) is 5.66. The van der Waals surface area contributed by atoms with Crippen molar-refractivity contribution < 1.29 is 9.21 Å². The summed E-state index contributed by atoms with van der Waals surface area (Å²) in [5, 5.41) is 6.40. The van der Waals surface area contributed by atoms with Gasteiger partial charge in [-0.1, -0.05) is 25.7 Å². The van der Waals surface area contributed by atoms with Crippen molar-refractivity contribution in [2.75, 3.05) is 13.1 Å². The quantitative estimate of drug-likeness (QED) is 0.646. The Morgan fingerprint density at radius 2 is 1.95 bits per heavy atom. The summed E-state index contributed by atoms with van der Waals surface area (Å²) in [5.74, 6) is -0.0635. The minimum Gasteiger partial charge on any atom is -0.472 e. The summed E-state index contributed by atoms with van der Waals surface area (Å²) >= 11 is 0. The Kier molecular flexibility index (Phi) is 7.60. The summed E-state index contributed by atoms with van der Waals surface area (Å²) in [7, 11) is 0. The first-order valence-corrected chi connectivity index (χ1v) is 6.90. The molecule has 0 radical (unpaired) electrons. The van der Waals surface area contributed by atoms with Gasteiger partial charge in [-0.05, 0) is 18.9 Å². The highest BCUT2D eigenvalue weighted by molar-refractivity contribution is 5.93. The molecule has 1 heterocycles. The molecule has 1 amide bonds. The smallest absolute Gasteiger partial charge is 0.254 e. The zero-order valence-electron chi connectivity index (χ0n) is 11.2. The number of rotatable bonds is 5. The molecule has 1 aromatic heterocycles. The van der Waals surface area contributed by atoms with E-state index in [1.165, 1.54) is 51.1 Å². The monoisotopic (exact) mass is 286 g/mol. The topological polar surface area (TPSA) is 54.3 Å². The molecule has 1 aliphatic carbocycles. The van der Waals surface area contributed by atoms with Gasteiger partial charge in [-0.15, -0.1) is 12.4 Å². The van der Waals surface area contributed by atoms with E-state index in [1.54, 1.807) is 6.07 Å². The van der Waals surface area contributed by atoms with Gasteiger partial charge in [0, 0.05) is 19.1 Å². The van der Waals surface area contributed by atoms with E-state index in [1.807, 2.05) is 0 Å². The maximum absolute atomic E-state index is 11.6. The first-order valence-electron chi connectivity index (χ1n) is 6.90. The maximum atomic E-state index is 11.6. The molecule has 0 spiro atoms. The molecule has 1 saturated carbocycles. The van der Waals surface area contributed by atoms with E-state index in [9.17, 15) is 4.79 Å². The van der Waals surface area contributed by atoms with Crippen molar-refractivity contribution in [2.45, 2.75) is 44.6 Å². The van der Waals surface area contributed by atoms with Gasteiger partial charge in [-0.25, -0.2) is 0 Å². The normalized spacial score (nSPS) is 16.4. The molecule has 1 fully saturated rings. The van der Waals surface area contributed by atoms with Crippen LogP contribution < -0.4 is 10.6 Å². The van der Waals surface area contributed by atoms with E-state index < -0.39 is 0 Å². The fourth-order valence-corrected chi connectivity index (χ4v) is 2.43. The van der Waals surface area contributed by atoms with Crippen LogP contribution in [0.25, 0.3) is 0 Å². The van der Waals surface area contributed by atoms with Gasteiger partial charge < -0.3 is 15.1 Å². The number of hydrogen-bond donors (Lipinski definition) is 2. The molecular weight excluding hydrogens is 264 g/mol. The van der Waals surface area contributed by atoms with Gasteiger partial charge in [0.05, 0.1) is 11.8 Å². The summed E-state index contributed by atoms with van der Waals surface area (Å²) in [5.41, 5.74) is 0.587. The molecule has 5 heteroatoms. The molecule has 19 heavy (non-hydrogen) atoms. The standard InChI is InChI=1S/C14H22N2O2.ClH/c17-14(12-7-10-18-11-12)16-9-8-15-13-5-3-1-2-4-6-13;/h7,10-11,13,15H,1-6,8-9H2,(H,16,17);1H. The van der Waals surface area contributed by atoms with Gasteiger partial charge in [-0.2, -0.15) is 0 Å². The third-order valence-electron chi connectivity index (χ3n) is 3.48. The molecule has 0 saturated heterocycles. The molecule has 0 bridgehead atoms. The summed E-state index contributed by atoms with van der Waals surface area (Å²) in [6.45, 7) is 1.51. The van der Waals surface area contributed by atoms with Crippen LogP contribution in [0.2, 0.25) is 0 Å². The first kappa shape index (κ1) is 16.1.